The Hall–Kier alpha value is -3.21. The van der Waals surface area contributed by atoms with Gasteiger partial charge < -0.3 is 35.1 Å². The van der Waals surface area contributed by atoms with Gasteiger partial charge in [-0.05, 0) is 37.6 Å². The van der Waals surface area contributed by atoms with Crippen molar-refractivity contribution in [1.82, 2.24) is 15.0 Å². The standard InChI is InChI=1S/C23H30N6O4/c1-15-16(2)24-19-4-3-17(13-18(15)19)25-22(32)20-14-21(28(5-9-30)6-10-31)27-23(26-20)29-7-11-33-12-8-29/h3-4,13-14,24,30-31H,5-12H2,1-2H3,(H,25,32). The van der Waals surface area contributed by atoms with Crippen LogP contribution in [0, 0.1) is 13.8 Å². The van der Waals surface area contributed by atoms with Gasteiger partial charge in [0.1, 0.15) is 11.5 Å². The van der Waals surface area contributed by atoms with Crippen molar-refractivity contribution < 1.29 is 19.7 Å². The number of aromatic nitrogens is 3. The molecule has 3 aromatic rings. The molecule has 0 saturated carbocycles. The molecular weight excluding hydrogens is 424 g/mol. The molecule has 1 aromatic carbocycles. The average molecular weight is 455 g/mol. The zero-order valence-electron chi connectivity index (χ0n) is 19.0. The van der Waals surface area contributed by atoms with Gasteiger partial charge in [-0.1, -0.05) is 0 Å². The number of aliphatic hydroxyl groups excluding tert-OH is 2. The summed E-state index contributed by atoms with van der Waals surface area (Å²) in [5, 5.41) is 22.9. The van der Waals surface area contributed by atoms with E-state index in [1.165, 1.54) is 0 Å². The Balaban J connectivity index is 1.66. The van der Waals surface area contributed by atoms with Crippen molar-refractivity contribution in [3.05, 3.63) is 41.2 Å². The monoisotopic (exact) mass is 454 g/mol. The van der Waals surface area contributed by atoms with Crippen molar-refractivity contribution in [2.24, 2.45) is 0 Å². The van der Waals surface area contributed by atoms with Gasteiger partial charge in [-0.15, -0.1) is 0 Å². The van der Waals surface area contributed by atoms with E-state index in [4.69, 9.17) is 4.74 Å². The van der Waals surface area contributed by atoms with Crippen LogP contribution in [0.25, 0.3) is 10.9 Å². The van der Waals surface area contributed by atoms with Crippen LogP contribution in [0.3, 0.4) is 0 Å². The van der Waals surface area contributed by atoms with Crippen LogP contribution < -0.4 is 15.1 Å². The molecule has 10 nitrogen and oxygen atoms in total. The van der Waals surface area contributed by atoms with Crippen LogP contribution in [0.4, 0.5) is 17.5 Å². The molecule has 0 aliphatic carbocycles. The minimum absolute atomic E-state index is 0.103. The average Bonchev–Trinajstić information content (AvgIpc) is 3.12. The predicted octanol–water partition coefficient (Wildman–Crippen LogP) is 1.45. The SMILES string of the molecule is Cc1[nH]c2ccc(NC(=O)c3cc(N(CCO)CCO)nc(N4CCOCC4)n3)cc2c1C. The van der Waals surface area contributed by atoms with Gasteiger partial charge in [0.05, 0.1) is 26.4 Å². The van der Waals surface area contributed by atoms with E-state index in [-0.39, 0.29) is 37.9 Å². The quantitative estimate of drug-likeness (QED) is 0.403. The zero-order valence-corrected chi connectivity index (χ0v) is 19.0. The lowest BCUT2D eigenvalue weighted by molar-refractivity contribution is 0.102. The first-order valence-corrected chi connectivity index (χ1v) is 11.1. The Morgan fingerprint density at radius 1 is 1.15 bits per heavy atom. The molecule has 2 aromatic heterocycles. The number of benzene rings is 1. The van der Waals surface area contributed by atoms with Crippen LogP contribution >= 0.6 is 0 Å². The van der Waals surface area contributed by atoms with Gasteiger partial charge in [-0.2, -0.15) is 4.98 Å². The summed E-state index contributed by atoms with van der Waals surface area (Å²) in [6.07, 6.45) is 0. The van der Waals surface area contributed by atoms with Crippen molar-refractivity contribution in [2.45, 2.75) is 13.8 Å². The van der Waals surface area contributed by atoms with Crippen LogP contribution in [0.15, 0.2) is 24.3 Å². The highest BCUT2D eigenvalue weighted by Crippen LogP contribution is 2.25. The number of amides is 1. The summed E-state index contributed by atoms with van der Waals surface area (Å²) in [6, 6.07) is 7.33. The van der Waals surface area contributed by atoms with E-state index in [9.17, 15) is 15.0 Å². The molecule has 33 heavy (non-hydrogen) atoms. The van der Waals surface area contributed by atoms with E-state index >= 15 is 0 Å². The smallest absolute Gasteiger partial charge is 0.274 e. The fourth-order valence-corrected chi connectivity index (χ4v) is 3.92. The minimum atomic E-state index is -0.356. The summed E-state index contributed by atoms with van der Waals surface area (Å²) < 4.78 is 5.42. The van der Waals surface area contributed by atoms with Gasteiger partial charge in [-0.25, -0.2) is 4.98 Å². The second-order valence-corrected chi connectivity index (χ2v) is 8.03. The number of H-pyrrole nitrogens is 1. The number of fused-ring (bicyclic) bond motifs is 1. The van der Waals surface area contributed by atoms with Crippen LogP contribution in [0.2, 0.25) is 0 Å². The van der Waals surface area contributed by atoms with Gasteiger partial charge in [0.25, 0.3) is 5.91 Å². The maximum atomic E-state index is 13.2. The molecule has 1 aliphatic heterocycles. The number of ether oxygens (including phenoxy) is 1. The molecule has 3 heterocycles. The molecule has 1 fully saturated rings. The number of aliphatic hydroxyl groups is 2. The van der Waals surface area contributed by atoms with Crippen molar-refractivity contribution in [3.8, 4) is 0 Å². The first-order chi connectivity index (χ1) is 16.0. The number of anilines is 3. The number of nitrogens with one attached hydrogen (secondary N) is 2. The summed E-state index contributed by atoms with van der Waals surface area (Å²) in [5.74, 6) is 0.548. The Bertz CT molecular complexity index is 1120. The molecule has 4 N–H and O–H groups in total. The van der Waals surface area contributed by atoms with E-state index in [1.54, 1.807) is 11.0 Å². The Labute approximate surface area is 192 Å². The Morgan fingerprint density at radius 2 is 1.88 bits per heavy atom. The molecular formula is C23H30N6O4. The molecule has 0 atom stereocenters. The number of carbonyl (C=O) groups is 1. The Kier molecular flexibility index (Phi) is 7.07. The number of morpholine rings is 1. The summed E-state index contributed by atoms with van der Waals surface area (Å²) in [4.78, 5) is 29.4. The molecule has 176 valence electrons. The lowest BCUT2D eigenvalue weighted by Gasteiger charge is -2.29. The number of carbonyl (C=O) groups excluding carboxylic acids is 1. The topological polar surface area (TPSA) is 127 Å². The van der Waals surface area contributed by atoms with Gasteiger partial charge >= 0.3 is 0 Å². The highest BCUT2D eigenvalue weighted by Gasteiger charge is 2.21. The second kappa shape index (κ2) is 10.2. The number of hydrogen-bond donors (Lipinski definition) is 4. The van der Waals surface area contributed by atoms with Crippen molar-refractivity contribution in [2.75, 3.05) is 67.7 Å². The minimum Gasteiger partial charge on any atom is -0.395 e. The van der Waals surface area contributed by atoms with Gasteiger partial charge in [-0.3, -0.25) is 4.79 Å². The lowest BCUT2D eigenvalue weighted by atomic mass is 10.1. The molecule has 0 unspecified atom stereocenters. The maximum Gasteiger partial charge on any atom is 0.274 e. The van der Waals surface area contributed by atoms with Crippen LogP contribution in [0.1, 0.15) is 21.7 Å². The summed E-state index contributed by atoms with van der Waals surface area (Å²) in [6.45, 7) is 6.77. The van der Waals surface area contributed by atoms with E-state index in [0.29, 0.717) is 43.8 Å². The number of nitrogens with zero attached hydrogens (tertiary/aromatic N) is 4. The highest BCUT2D eigenvalue weighted by molar-refractivity contribution is 6.04. The molecule has 10 heteroatoms. The third-order valence-corrected chi connectivity index (χ3v) is 5.86. The van der Waals surface area contributed by atoms with Gasteiger partial charge in [0.2, 0.25) is 5.95 Å². The third-order valence-electron chi connectivity index (χ3n) is 5.86. The van der Waals surface area contributed by atoms with E-state index in [2.05, 4.69) is 20.3 Å². The first kappa shape index (κ1) is 23.0. The predicted molar refractivity (Wildman–Crippen MR) is 127 cm³/mol. The molecule has 1 saturated heterocycles. The zero-order chi connectivity index (χ0) is 23.4. The van der Waals surface area contributed by atoms with Gasteiger partial charge in [0, 0.05) is 54.5 Å². The van der Waals surface area contributed by atoms with Crippen molar-refractivity contribution >= 4 is 34.3 Å². The second-order valence-electron chi connectivity index (χ2n) is 8.03. The maximum absolute atomic E-state index is 13.2. The molecule has 4 rings (SSSR count). The van der Waals surface area contributed by atoms with Crippen molar-refractivity contribution in [3.63, 3.8) is 0 Å². The van der Waals surface area contributed by atoms with E-state index < -0.39 is 0 Å². The largest absolute Gasteiger partial charge is 0.395 e. The molecule has 0 bridgehead atoms. The fraction of sp³-hybridized carbons (Fsp3) is 0.435. The number of aryl methyl sites for hydroxylation is 2. The Morgan fingerprint density at radius 3 is 2.58 bits per heavy atom. The van der Waals surface area contributed by atoms with Crippen LogP contribution in [-0.4, -0.2) is 83.7 Å². The van der Waals surface area contributed by atoms with Crippen molar-refractivity contribution in [1.29, 1.82) is 0 Å². The molecule has 0 radical (unpaired) electrons. The lowest BCUT2D eigenvalue weighted by Crippen LogP contribution is -2.38. The van der Waals surface area contributed by atoms with Gasteiger partial charge in [0.15, 0.2) is 0 Å². The summed E-state index contributed by atoms with van der Waals surface area (Å²) >= 11 is 0. The number of aromatic amines is 1. The fourth-order valence-electron chi connectivity index (χ4n) is 3.92. The van der Waals surface area contributed by atoms with E-state index in [0.717, 1.165) is 22.2 Å². The van der Waals surface area contributed by atoms with E-state index in [1.807, 2.05) is 36.9 Å². The molecule has 1 amide bonds. The summed E-state index contributed by atoms with van der Waals surface area (Å²) in [5.41, 5.74) is 4.14. The third kappa shape index (κ3) is 5.08. The number of hydrogen-bond acceptors (Lipinski definition) is 8. The number of rotatable bonds is 8. The summed E-state index contributed by atoms with van der Waals surface area (Å²) in [7, 11) is 0. The first-order valence-electron chi connectivity index (χ1n) is 11.1. The molecule has 0 spiro atoms. The molecule has 1 aliphatic rings. The normalized spacial score (nSPS) is 14.0. The highest BCUT2D eigenvalue weighted by atomic mass is 16.5. The van der Waals surface area contributed by atoms with Crippen LogP contribution in [-0.2, 0) is 4.74 Å². The van der Waals surface area contributed by atoms with Crippen LogP contribution in [0.5, 0.6) is 0 Å².